The van der Waals surface area contributed by atoms with Crippen LogP contribution in [0.3, 0.4) is 0 Å². The first-order chi connectivity index (χ1) is 3.81. The van der Waals surface area contributed by atoms with Crippen LogP contribution in [-0.4, -0.2) is 12.5 Å². The van der Waals surface area contributed by atoms with Gasteiger partial charge in [0, 0.05) is 12.6 Å². The second kappa shape index (κ2) is 4.30. The molecule has 0 spiro atoms. The van der Waals surface area contributed by atoms with E-state index in [-0.39, 0.29) is 6.33 Å². The van der Waals surface area contributed by atoms with Crippen LogP contribution in [0, 0.1) is 0 Å². The normalized spacial score (nSPS) is 9.75. The molecular weight excluding hydrogens is 109 g/mol. The van der Waals surface area contributed by atoms with E-state index >= 15 is 0 Å². The number of nitrogens with one attached hydrogen (secondary N) is 1. The van der Waals surface area contributed by atoms with Gasteiger partial charge in [-0.15, -0.1) is 0 Å². The summed E-state index contributed by atoms with van der Waals surface area (Å²) in [6, 6.07) is 0. The summed E-state index contributed by atoms with van der Waals surface area (Å²) < 4.78 is 11.1. The summed E-state index contributed by atoms with van der Waals surface area (Å²) in [5, 5.41) is 2.38. The molecule has 1 N–H and O–H groups in total. The Balaban J connectivity index is 3.33. The molecule has 0 unspecified atom stereocenters. The van der Waals surface area contributed by atoms with E-state index < -0.39 is 5.91 Å². The topological polar surface area (TPSA) is 29.1 Å². The Morgan fingerprint density at radius 2 is 2.50 bits per heavy atom. The largest absolute Gasteiger partial charge is 0.353 e. The van der Waals surface area contributed by atoms with Crippen molar-refractivity contribution in [2.45, 2.75) is 6.92 Å². The van der Waals surface area contributed by atoms with Gasteiger partial charge in [-0.2, -0.15) is 0 Å². The monoisotopic (exact) mass is 117 g/mol. The molecule has 46 valence electrons. The quantitative estimate of drug-likeness (QED) is 0.527. The smallest absolute Gasteiger partial charge is 0.246 e. The lowest BCUT2D eigenvalue weighted by Crippen LogP contribution is -2.19. The minimum atomic E-state index is -0.394. The van der Waals surface area contributed by atoms with Gasteiger partial charge in [-0.3, -0.25) is 4.79 Å². The Labute approximate surface area is 47.4 Å². The first kappa shape index (κ1) is 7.14. The average Bonchev–Trinajstić information content (AvgIpc) is 1.68. The lowest BCUT2D eigenvalue weighted by molar-refractivity contribution is -0.116. The molecule has 0 bridgehead atoms. The molecule has 8 heavy (non-hydrogen) atoms. The molecule has 0 aromatic carbocycles. The number of hydrogen-bond acceptors (Lipinski definition) is 1. The van der Waals surface area contributed by atoms with Crippen LogP contribution in [-0.2, 0) is 4.79 Å². The second-order valence-corrected chi connectivity index (χ2v) is 1.19. The molecular formula is C5H8FNO. The number of amides is 1. The maximum Gasteiger partial charge on any atom is 0.246 e. The van der Waals surface area contributed by atoms with E-state index in [1.54, 1.807) is 6.92 Å². The van der Waals surface area contributed by atoms with E-state index in [0.717, 1.165) is 6.08 Å². The molecule has 0 atom stereocenters. The summed E-state index contributed by atoms with van der Waals surface area (Å²) >= 11 is 0. The Bertz CT molecular complexity index is 101. The van der Waals surface area contributed by atoms with Gasteiger partial charge in [-0.25, -0.2) is 4.39 Å². The number of halogens is 1. The lowest BCUT2D eigenvalue weighted by Gasteiger charge is -1.90. The Morgan fingerprint density at radius 1 is 1.88 bits per heavy atom. The zero-order valence-electron chi connectivity index (χ0n) is 4.65. The van der Waals surface area contributed by atoms with Crippen molar-refractivity contribution in [2.24, 2.45) is 0 Å². The van der Waals surface area contributed by atoms with Crippen LogP contribution in [0.15, 0.2) is 12.4 Å². The van der Waals surface area contributed by atoms with Gasteiger partial charge in [0.25, 0.3) is 0 Å². The van der Waals surface area contributed by atoms with Gasteiger partial charge in [-0.05, 0) is 6.92 Å². The predicted octanol–water partition coefficient (Wildman–Crippen LogP) is 0.606. The Kier molecular flexibility index (Phi) is 3.84. The maximum absolute atomic E-state index is 11.1. The fourth-order valence-electron chi connectivity index (χ4n) is 0.290. The molecule has 2 nitrogen and oxygen atoms in total. The molecule has 0 aliphatic heterocycles. The fourth-order valence-corrected chi connectivity index (χ4v) is 0.290. The van der Waals surface area contributed by atoms with Crippen molar-refractivity contribution < 1.29 is 9.18 Å². The van der Waals surface area contributed by atoms with E-state index in [1.807, 2.05) is 0 Å². The van der Waals surface area contributed by atoms with E-state index in [0.29, 0.717) is 6.54 Å². The first-order valence-corrected chi connectivity index (χ1v) is 2.36. The van der Waals surface area contributed by atoms with Gasteiger partial charge in [0.05, 0.1) is 6.33 Å². The molecule has 0 radical (unpaired) electrons. The minimum Gasteiger partial charge on any atom is -0.353 e. The van der Waals surface area contributed by atoms with Crippen LogP contribution in [0.5, 0.6) is 0 Å². The number of rotatable bonds is 2. The molecule has 0 saturated carbocycles. The van der Waals surface area contributed by atoms with Crippen LogP contribution in [0.1, 0.15) is 6.92 Å². The van der Waals surface area contributed by atoms with Crippen molar-refractivity contribution in [3.8, 4) is 0 Å². The van der Waals surface area contributed by atoms with E-state index in [1.165, 1.54) is 0 Å². The van der Waals surface area contributed by atoms with Crippen molar-refractivity contribution >= 4 is 5.91 Å². The molecule has 0 aliphatic carbocycles. The second-order valence-electron chi connectivity index (χ2n) is 1.19. The van der Waals surface area contributed by atoms with E-state index in [2.05, 4.69) is 5.32 Å². The molecule has 0 rings (SSSR count). The lowest BCUT2D eigenvalue weighted by atomic mass is 10.5. The third-order valence-electron chi connectivity index (χ3n) is 0.565. The van der Waals surface area contributed by atoms with Crippen molar-refractivity contribution in [1.29, 1.82) is 0 Å². The highest BCUT2D eigenvalue weighted by atomic mass is 19.1. The molecule has 0 fully saturated rings. The first-order valence-electron chi connectivity index (χ1n) is 2.36. The van der Waals surface area contributed by atoms with Gasteiger partial charge >= 0.3 is 0 Å². The number of likely N-dealkylation sites (N-methyl/N-ethyl adjacent to an activating group) is 1. The van der Waals surface area contributed by atoms with Gasteiger partial charge in [-0.1, -0.05) is 0 Å². The molecule has 0 aromatic rings. The Morgan fingerprint density at radius 3 is 2.88 bits per heavy atom. The molecule has 0 aliphatic rings. The zero-order chi connectivity index (χ0) is 6.41. The van der Waals surface area contributed by atoms with Crippen molar-refractivity contribution in [2.75, 3.05) is 6.54 Å². The van der Waals surface area contributed by atoms with Gasteiger partial charge in [0.15, 0.2) is 0 Å². The summed E-state index contributed by atoms with van der Waals surface area (Å²) in [5.74, 6) is -0.394. The molecule has 0 heterocycles. The van der Waals surface area contributed by atoms with Crippen LogP contribution < -0.4 is 5.32 Å². The summed E-state index contributed by atoms with van der Waals surface area (Å²) in [4.78, 5) is 10.2. The predicted molar refractivity (Wildman–Crippen MR) is 28.9 cm³/mol. The van der Waals surface area contributed by atoms with Gasteiger partial charge in [0.2, 0.25) is 5.91 Å². The third-order valence-corrected chi connectivity index (χ3v) is 0.565. The standard InChI is InChI=1S/C5H8FNO/c1-2-7-5(8)3-4-6/h3-4H,2H2,1H3,(H,7,8)/b4-3-. The number of carbonyl (C=O) groups excluding carboxylic acids is 1. The summed E-state index contributed by atoms with van der Waals surface area (Å²) in [6.45, 7) is 2.30. The maximum atomic E-state index is 11.1. The number of hydrogen-bond donors (Lipinski definition) is 1. The Hall–Kier alpha value is -0.860. The molecule has 3 heteroatoms. The fraction of sp³-hybridized carbons (Fsp3) is 0.400. The average molecular weight is 117 g/mol. The van der Waals surface area contributed by atoms with E-state index in [4.69, 9.17) is 0 Å². The molecule has 0 aromatic heterocycles. The van der Waals surface area contributed by atoms with E-state index in [9.17, 15) is 9.18 Å². The minimum absolute atomic E-state index is 0.213. The van der Waals surface area contributed by atoms with Crippen molar-refractivity contribution in [3.63, 3.8) is 0 Å². The zero-order valence-corrected chi connectivity index (χ0v) is 4.65. The van der Waals surface area contributed by atoms with Crippen molar-refractivity contribution in [3.05, 3.63) is 12.4 Å². The highest BCUT2D eigenvalue weighted by Crippen LogP contribution is 1.71. The summed E-state index contributed by atoms with van der Waals surface area (Å²) in [6.07, 6.45) is 1.05. The van der Waals surface area contributed by atoms with Gasteiger partial charge < -0.3 is 5.32 Å². The summed E-state index contributed by atoms with van der Waals surface area (Å²) in [7, 11) is 0. The molecule has 0 saturated heterocycles. The molecule has 1 amide bonds. The van der Waals surface area contributed by atoms with Crippen LogP contribution in [0.25, 0.3) is 0 Å². The highest BCUT2D eigenvalue weighted by Gasteiger charge is 1.86. The van der Waals surface area contributed by atoms with Crippen LogP contribution in [0.2, 0.25) is 0 Å². The van der Waals surface area contributed by atoms with Crippen LogP contribution in [0.4, 0.5) is 4.39 Å². The number of carbonyl (C=O) groups is 1. The SMILES string of the molecule is CCNC(=O)/C=C\F. The van der Waals surface area contributed by atoms with Crippen molar-refractivity contribution in [1.82, 2.24) is 5.32 Å². The van der Waals surface area contributed by atoms with Gasteiger partial charge in [0.1, 0.15) is 0 Å². The summed E-state index contributed by atoms with van der Waals surface area (Å²) in [5.41, 5.74) is 0. The third kappa shape index (κ3) is 3.33. The highest BCUT2D eigenvalue weighted by molar-refractivity contribution is 5.87. The van der Waals surface area contributed by atoms with Crippen LogP contribution >= 0.6 is 0 Å².